The van der Waals surface area contributed by atoms with Crippen molar-refractivity contribution >= 4 is 5.82 Å². The van der Waals surface area contributed by atoms with E-state index in [0.717, 1.165) is 17.1 Å². The lowest BCUT2D eigenvalue weighted by Crippen LogP contribution is -2.03. The maximum absolute atomic E-state index is 5.44. The Bertz CT molecular complexity index is 589. The molecule has 1 aliphatic heterocycles. The Balaban J connectivity index is 1.74. The first-order valence-electron chi connectivity index (χ1n) is 5.84. The number of rotatable bonds is 4. The van der Waals surface area contributed by atoms with Crippen LogP contribution in [0, 0.1) is 0 Å². The van der Waals surface area contributed by atoms with Gasteiger partial charge in [0.2, 0.25) is 12.7 Å². The lowest BCUT2D eigenvalue weighted by molar-refractivity contribution is 0.173. The van der Waals surface area contributed by atoms with Crippen LogP contribution < -0.4 is 19.5 Å². The van der Waals surface area contributed by atoms with Gasteiger partial charge in [0.15, 0.2) is 11.5 Å². The molecule has 0 aliphatic carbocycles. The number of nitrogens with zero attached hydrogens (tertiary/aromatic N) is 2. The summed E-state index contributed by atoms with van der Waals surface area (Å²) in [5, 5.41) is 3.20. The van der Waals surface area contributed by atoms with E-state index in [1.165, 1.54) is 6.33 Å². The van der Waals surface area contributed by atoms with Crippen LogP contribution in [0.1, 0.15) is 5.56 Å². The first-order valence-corrected chi connectivity index (χ1v) is 5.84. The minimum atomic E-state index is 0.272. The summed E-state index contributed by atoms with van der Waals surface area (Å²) in [6, 6.07) is 7.55. The molecule has 6 heteroatoms. The predicted molar refractivity (Wildman–Crippen MR) is 68.5 cm³/mol. The van der Waals surface area contributed by atoms with Crippen molar-refractivity contribution in [2.24, 2.45) is 0 Å². The van der Waals surface area contributed by atoms with Crippen molar-refractivity contribution in [1.29, 1.82) is 0 Å². The zero-order valence-corrected chi connectivity index (χ0v) is 10.4. The Hall–Kier alpha value is -2.50. The van der Waals surface area contributed by atoms with Crippen LogP contribution in [0.2, 0.25) is 0 Å². The molecular formula is C13H13N3O3. The van der Waals surface area contributed by atoms with Gasteiger partial charge in [0.05, 0.1) is 7.11 Å². The van der Waals surface area contributed by atoms with E-state index in [4.69, 9.17) is 14.2 Å². The molecule has 0 unspecified atom stereocenters. The normalized spacial score (nSPS) is 12.3. The summed E-state index contributed by atoms with van der Waals surface area (Å²) in [6.45, 7) is 0.861. The fraction of sp³-hybridized carbons (Fsp3) is 0.231. The van der Waals surface area contributed by atoms with Gasteiger partial charge in [-0.2, -0.15) is 0 Å². The fourth-order valence-corrected chi connectivity index (χ4v) is 1.86. The maximum Gasteiger partial charge on any atom is 0.231 e. The number of anilines is 1. The summed E-state index contributed by atoms with van der Waals surface area (Å²) in [5.41, 5.74) is 1.02. The second-order valence-corrected chi connectivity index (χ2v) is 3.95. The van der Waals surface area contributed by atoms with Gasteiger partial charge in [0.25, 0.3) is 0 Å². The Morgan fingerprint density at radius 1 is 1.32 bits per heavy atom. The largest absolute Gasteiger partial charge is 0.481 e. The van der Waals surface area contributed by atoms with Gasteiger partial charge >= 0.3 is 0 Å². The summed E-state index contributed by atoms with van der Waals surface area (Å²) in [5.74, 6) is 2.79. The molecule has 2 aromatic rings. The standard InChI is InChI=1S/C13H13N3O3/c1-17-12-5-11(15-7-16-12)14-6-9-3-2-4-10-13(9)19-8-18-10/h2-5,7H,6,8H2,1H3,(H,14,15,16). The summed E-state index contributed by atoms with van der Waals surface area (Å²) in [6.07, 6.45) is 1.45. The van der Waals surface area contributed by atoms with Crippen LogP contribution in [0.4, 0.5) is 5.82 Å². The molecule has 19 heavy (non-hydrogen) atoms. The molecule has 0 amide bonds. The van der Waals surface area contributed by atoms with E-state index in [1.54, 1.807) is 13.2 Å². The van der Waals surface area contributed by atoms with Crippen LogP contribution in [0.5, 0.6) is 17.4 Å². The highest BCUT2D eigenvalue weighted by molar-refractivity contribution is 5.50. The summed E-state index contributed by atoms with van der Waals surface area (Å²) < 4.78 is 15.8. The Morgan fingerprint density at radius 2 is 2.26 bits per heavy atom. The first kappa shape index (κ1) is 11.6. The minimum absolute atomic E-state index is 0.272. The first-order chi connectivity index (χ1) is 9.36. The average molecular weight is 259 g/mol. The third-order valence-electron chi connectivity index (χ3n) is 2.79. The van der Waals surface area contributed by atoms with Crippen molar-refractivity contribution in [2.75, 3.05) is 19.2 Å². The van der Waals surface area contributed by atoms with Crippen LogP contribution in [-0.4, -0.2) is 23.9 Å². The molecular weight excluding hydrogens is 246 g/mol. The lowest BCUT2D eigenvalue weighted by Gasteiger charge is -2.08. The molecule has 0 atom stereocenters. The highest BCUT2D eigenvalue weighted by Gasteiger charge is 2.16. The number of para-hydroxylation sites is 1. The molecule has 98 valence electrons. The number of hydrogen-bond donors (Lipinski definition) is 1. The molecule has 1 N–H and O–H groups in total. The van der Waals surface area contributed by atoms with Gasteiger partial charge in [-0.1, -0.05) is 12.1 Å². The third kappa shape index (κ3) is 2.37. The number of ether oxygens (including phenoxy) is 3. The summed E-state index contributed by atoms with van der Waals surface area (Å²) in [7, 11) is 1.57. The SMILES string of the molecule is COc1cc(NCc2cccc3c2OCO3)ncn1. The quantitative estimate of drug-likeness (QED) is 0.903. The van der Waals surface area contributed by atoms with Crippen molar-refractivity contribution in [1.82, 2.24) is 9.97 Å². The molecule has 3 rings (SSSR count). The molecule has 1 aliphatic rings. The van der Waals surface area contributed by atoms with Gasteiger partial charge in [-0.3, -0.25) is 0 Å². The Kier molecular flexibility index (Phi) is 3.06. The van der Waals surface area contributed by atoms with E-state index in [-0.39, 0.29) is 6.79 Å². The van der Waals surface area contributed by atoms with E-state index >= 15 is 0 Å². The number of aromatic nitrogens is 2. The summed E-state index contributed by atoms with van der Waals surface area (Å²) >= 11 is 0. The molecule has 0 fully saturated rings. The molecule has 0 radical (unpaired) electrons. The topological polar surface area (TPSA) is 65.5 Å². The molecule has 0 saturated carbocycles. The lowest BCUT2D eigenvalue weighted by atomic mass is 10.2. The van der Waals surface area contributed by atoms with Gasteiger partial charge in [0, 0.05) is 18.2 Å². The van der Waals surface area contributed by atoms with Gasteiger partial charge in [-0.15, -0.1) is 0 Å². The van der Waals surface area contributed by atoms with Crippen molar-refractivity contribution in [3.8, 4) is 17.4 Å². The Morgan fingerprint density at radius 3 is 3.16 bits per heavy atom. The van der Waals surface area contributed by atoms with E-state index < -0.39 is 0 Å². The van der Waals surface area contributed by atoms with Crippen molar-refractivity contribution in [3.05, 3.63) is 36.2 Å². The molecule has 0 bridgehead atoms. The van der Waals surface area contributed by atoms with Gasteiger partial charge in [-0.05, 0) is 6.07 Å². The summed E-state index contributed by atoms with van der Waals surface area (Å²) in [4.78, 5) is 8.07. The molecule has 1 aromatic carbocycles. The number of methoxy groups -OCH3 is 1. The predicted octanol–water partition coefficient (Wildman–Crippen LogP) is 1.83. The second kappa shape index (κ2) is 5.01. The van der Waals surface area contributed by atoms with Gasteiger partial charge < -0.3 is 19.5 Å². The second-order valence-electron chi connectivity index (χ2n) is 3.95. The van der Waals surface area contributed by atoms with Crippen LogP contribution in [0.15, 0.2) is 30.6 Å². The van der Waals surface area contributed by atoms with E-state index in [9.17, 15) is 0 Å². The minimum Gasteiger partial charge on any atom is -0.481 e. The number of nitrogens with one attached hydrogen (secondary N) is 1. The van der Waals surface area contributed by atoms with Crippen molar-refractivity contribution in [3.63, 3.8) is 0 Å². The molecule has 6 nitrogen and oxygen atoms in total. The average Bonchev–Trinajstić information content (AvgIpc) is 2.94. The van der Waals surface area contributed by atoms with Crippen molar-refractivity contribution in [2.45, 2.75) is 6.54 Å². The zero-order valence-electron chi connectivity index (χ0n) is 10.4. The zero-order chi connectivity index (χ0) is 13.1. The molecule has 1 aromatic heterocycles. The highest BCUT2D eigenvalue weighted by Crippen LogP contribution is 2.35. The van der Waals surface area contributed by atoms with Crippen LogP contribution >= 0.6 is 0 Å². The number of hydrogen-bond acceptors (Lipinski definition) is 6. The van der Waals surface area contributed by atoms with Crippen LogP contribution in [0.25, 0.3) is 0 Å². The maximum atomic E-state index is 5.44. The monoisotopic (exact) mass is 259 g/mol. The third-order valence-corrected chi connectivity index (χ3v) is 2.79. The van der Waals surface area contributed by atoms with Crippen LogP contribution in [-0.2, 0) is 6.54 Å². The van der Waals surface area contributed by atoms with Gasteiger partial charge in [-0.25, -0.2) is 9.97 Å². The smallest absolute Gasteiger partial charge is 0.231 e. The molecule has 0 saturated heterocycles. The van der Waals surface area contributed by atoms with Crippen LogP contribution in [0.3, 0.4) is 0 Å². The number of fused-ring (bicyclic) bond motifs is 1. The van der Waals surface area contributed by atoms with Gasteiger partial charge in [0.1, 0.15) is 12.1 Å². The van der Waals surface area contributed by atoms with E-state index in [1.807, 2.05) is 18.2 Å². The molecule has 0 spiro atoms. The number of benzene rings is 1. The van der Waals surface area contributed by atoms with E-state index in [0.29, 0.717) is 18.2 Å². The Labute approximate surface area is 110 Å². The fourth-order valence-electron chi connectivity index (χ4n) is 1.86. The highest BCUT2D eigenvalue weighted by atomic mass is 16.7. The molecule has 2 heterocycles. The van der Waals surface area contributed by atoms with Crippen molar-refractivity contribution < 1.29 is 14.2 Å². The van der Waals surface area contributed by atoms with E-state index in [2.05, 4.69) is 15.3 Å².